The number of nitrogens with one attached hydrogen (secondary N) is 1. The summed E-state index contributed by atoms with van der Waals surface area (Å²) < 4.78 is 0. The lowest BCUT2D eigenvalue weighted by molar-refractivity contribution is -0.120. The predicted octanol–water partition coefficient (Wildman–Crippen LogP) is 5.08. The lowest BCUT2D eigenvalue weighted by Gasteiger charge is -2.26. The fourth-order valence-corrected chi connectivity index (χ4v) is 4.67. The van der Waals surface area contributed by atoms with E-state index in [4.69, 9.17) is 11.1 Å². The molecule has 0 saturated heterocycles. The van der Waals surface area contributed by atoms with Crippen molar-refractivity contribution in [2.24, 2.45) is 5.73 Å². The molecule has 0 bridgehead atoms. The number of hydrogen-bond acceptors (Lipinski definition) is 5. The molecule has 6 heteroatoms. The fourth-order valence-electron chi connectivity index (χ4n) is 4.67. The maximum atomic E-state index is 13.5. The number of carbonyl (C=O) groups excluding carboxylic acids is 1. The fraction of sp³-hybridized carbons (Fsp3) is 0.300. The van der Waals surface area contributed by atoms with Gasteiger partial charge in [-0.1, -0.05) is 54.6 Å². The smallest absolute Gasteiger partial charge is 0.177 e. The summed E-state index contributed by atoms with van der Waals surface area (Å²) in [5, 5.41) is 16.9. The minimum absolute atomic E-state index is 0.0518. The molecule has 0 fully saturated rings. The van der Waals surface area contributed by atoms with Crippen LogP contribution in [-0.4, -0.2) is 34.5 Å². The van der Waals surface area contributed by atoms with Gasteiger partial charge in [-0.15, -0.1) is 0 Å². The molecule has 0 saturated carbocycles. The van der Waals surface area contributed by atoms with Crippen molar-refractivity contribution in [1.82, 2.24) is 9.80 Å². The van der Waals surface area contributed by atoms with Crippen LogP contribution in [0.1, 0.15) is 59.9 Å². The first-order valence-electron chi connectivity index (χ1n) is 12.4. The molecule has 0 radical (unpaired) electrons. The van der Waals surface area contributed by atoms with Crippen LogP contribution in [0.3, 0.4) is 0 Å². The number of likely N-dealkylation sites (N-methyl/N-ethyl adjacent to an activating group) is 1. The number of fused-ring (bicyclic) bond motifs is 1. The molecule has 184 valence electrons. The van der Waals surface area contributed by atoms with Crippen molar-refractivity contribution in [3.63, 3.8) is 0 Å². The highest BCUT2D eigenvalue weighted by molar-refractivity contribution is 5.99. The average Bonchev–Trinajstić information content (AvgIpc) is 3.27. The molecule has 4 rings (SSSR count). The van der Waals surface area contributed by atoms with E-state index in [0.717, 1.165) is 47.1 Å². The molecule has 0 aromatic heterocycles. The van der Waals surface area contributed by atoms with Crippen LogP contribution in [0.4, 0.5) is 0 Å². The van der Waals surface area contributed by atoms with Crippen LogP contribution in [0.2, 0.25) is 0 Å². The second kappa shape index (κ2) is 11.2. The summed E-state index contributed by atoms with van der Waals surface area (Å²) in [6.07, 6.45) is 12.8. The molecule has 6 nitrogen and oxygen atoms in total. The van der Waals surface area contributed by atoms with Crippen molar-refractivity contribution >= 4 is 17.7 Å². The van der Waals surface area contributed by atoms with Crippen LogP contribution in [-0.2, 0) is 17.9 Å². The van der Waals surface area contributed by atoms with Gasteiger partial charge in [-0.05, 0) is 67.8 Å². The van der Waals surface area contributed by atoms with Gasteiger partial charge in [0.05, 0.1) is 18.0 Å². The largest absolute Gasteiger partial charge is 0.384 e. The van der Waals surface area contributed by atoms with E-state index in [2.05, 4.69) is 40.3 Å². The Kier molecular flexibility index (Phi) is 7.82. The van der Waals surface area contributed by atoms with E-state index in [9.17, 15) is 10.1 Å². The molecule has 1 aliphatic heterocycles. The van der Waals surface area contributed by atoms with Crippen molar-refractivity contribution in [1.29, 1.82) is 10.7 Å². The van der Waals surface area contributed by atoms with Crippen molar-refractivity contribution in [3.05, 3.63) is 100 Å². The van der Waals surface area contributed by atoms with Crippen molar-refractivity contribution in [3.8, 4) is 6.07 Å². The number of nitrogens with two attached hydrogens (primary N) is 1. The van der Waals surface area contributed by atoms with Crippen LogP contribution in [0, 0.1) is 16.7 Å². The molecule has 1 heterocycles. The quantitative estimate of drug-likeness (QED) is 0.407. The van der Waals surface area contributed by atoms with Crippen LogP contribution in [0.5, 0.6) is 0 Å². The number of nitrogens with zero attached hydrogens (tertiary/aromatic N) is 3. The van der Waals surface area contributed by atoms with Crippen LogP contribution in [0.15, 0.2) is 72.6 Å². The molecule has 2 unspecified atom stereocenters. The summed E-state index contributed by atoms with van der Waals surface area (Å²) in [6.45, 7) is 3.26. The first kappa shape index (κ1) is 25.2. The summed E-state index contributed by atoms with van der Waals surface area (Å²) in [5.74, 6) is 0.0354. The molecule has 2 aromatic carbocycles. The van der Waals surface area contributed by atoms with Gasteiger partial charge in [0.1, 0.15) is 5.84 Å². The minimum Gasteiger partial charge on any atom is -0.384 e. The second-order valence-electron chi connectivity index (χ2n) is 9.60. The molecule has 36 heavy (non-hydrogen) atoms. The van der Waals surface area contributed by atoms with E-state index in [-0.39, 0.29) is 23.6 Å². The number of hydrogen-bond donors (Lipinski definition) is 2. The third kappa shape index (κ3) is 5.81. The van der Waals surface area contributed by atoms with E-state index in [1.54, 1.807) is 0 Å². The first-order chi connectivity index (χ1) is 17.4. The number of rotatable bonds is 8. The molecule has 2 aliphatic rings. The Bertz CT molecular complexity index is 1270. The van der Waals surface area contributed by atoms with Crippen molar-refractivity contribution in [2.45, 2.75) is 51.2 Å². The van der Waals surface area contributed by atoms with Gasteiger partial charge in [-0.25, -0.2) is 0 Å². The lowest BCUT2D eigenvalue weighted by Crippen LogP contribution is -2.37. The first-order valence-corrected chi connectivity index (χ1v) is 12.4. The van der Waals surface area contributed by atoms with Gasteiger partial charge in [0.2, 0.25) is 0 Å². The maximum absolute atomic E-state index is 13.5. The van der Waals surface area contributed by atoms with Gasteiger partial charge >= 0.3 is 0 Å². The highest BCUT2D eigenvalue weighted by Crippen LogP contribution is 2.30. The summed E-state index contributed by atoms with van der Waals surface area (Å²) >= 11 is 0. The number of nitrogen functional groups attached to an aromatic ring is 1. The van der Waals surface area contributed by atoms with Crippen LogP contribution >= 0.6 is 0 Å². The molecule has 2 aromatic rings. The summed E-state index contributed by atoms with van der Waals surface area (Å²) in [5.41, 5.74) is 11.5. The van der Waals surface area contributed by atoms with Crippen molar-refractivity contribution < 1.29 is 4.79 Å². The normalized spacial score (nSPS) is 20.0. The van der Waals surface area contributed by atoms with E-state index in [1.165, 1.54) is 0 Å². The van der Waals surface area contributed by atoms with Gasteiger partial charge in [0, 0.05) is 30.4 Å². The molecule has 3 N–H and O–H groups in total. The zero-order valence-electron chi connectivity index (χ0n) is 20.9. The molecular weight excluding hydrogens is 446 g/mol. The third-order valence-corrected chi connectivity index (χ3v) is 6.95. The van der Waals surface area contributed by atoms with Gasteiger partial charge in [0.25, 0.3) is 0 Å². The topological polar surface area (TPSA) is 97.2 Å². The standard InChI is InChI=1S/C30H33N5O/c1-21(34(2)18-22-7-10-24(11-8-22)30(32)33)29(36)27-6-4-3-5-15-35(20-27)19-23-9-14-28-25(16-23)12-13-26(28)17-31/h5,7-16,20-21,26H,3-4,6,18-19H2,1-2H3,(H3,32,33)/b15-5-,27-20+. The Morgan fingerprint density at radius 3 is 2.72 bits per heavy atom. The predicted molar refractivity (Wildman–Crippen MR) is 144 cm³/mol. The maximum Gasteiger partial charge on any atom is 0.177 e. The monoisotopic (exact) mass is 479 g/mol. The summed E-state index contributed by atoms with van der Waals surface area (Å²) in [7, 11) is 1.97. The molecule has 0 spiro atoms. The van der Waals surface area contributed by atoms with E-state index < -0.39 is 0 Å². The summed E-state index contributed by atoms with van der Waals surface area (Å²) in [6, 6.07) is 15.9. The highest BCUT2D eigenvalue weighted by Gasteiger charge is 2.23. The number of Topliss-reactive ketones (excluding diaryl/α,β-unsaturated/α-hetero) is 1. The van der Waals surface area contributed by atoms with E-state index in [1.807, 2.05) is 62.7 Å². The number of benzene rings is 2. The number of carbonyl (C=O) groups is 1. The average molecular weight is 480 g/mol. The second-order valence-corrected chi connectivity index (χ2v) is 9.60. The Morgan fingerprint density at radius 1 is 1.25 bits per heavy atom. The Labute approximate surface area is 213 Å². The Hall–Kier alpha value is -3.95. The van der Waals surface area contributed by atoms with Crippen LogP contribution in [0.25, 0.3) is 6.08 Å². The molecular formula is C30H33N5O. The highest BCUT2D eigenvalue weighted by atomic mass is 16.1. The SMILES string of the molecule is CC(C(=O)/C1=C/N(Cc2ccc3c(c2)C=CC3C#N)/C=C\CCC1)N(C)Cc1ccc(C(=N)N)cc1. The summed E-state index contributed by atoms with van der Waals surface area (Å²) in [4.78, 5) is 17.7. The van der Waals surface area contributed by atoms with Gasteiger partial charge in [-0.3, -0.25) is 15.1 Å². The number of amidine groups is 1. The molecule has 1 aliphatic carbocycles. The Balaban J connectivity index is 1.46. The molecule has 0 amide bonds. The lowest BCUT2D eigenvalue weighted by atomic mass is 9.98. The zero-order valence-corrected chi connectivity index (χ0v) is 20.9. The third-order valence-electron chi connectivity index (χ3n) is 6.95. The number of nitriles is 1. The number of allylic oxidation sites excluding steroid dienone is 2. The van der Waals surface area contributed by atoms with Crippen LogP contribution < -0.4 is 5.73 Å². The van der Waals surface area contributed by atoms with E-state index in [0.29, 0.717) is 18.7 Å². The van der Waals surface area contributed by atoms with Gasteiger partial charge in [-0.2, -0.15) is 5.26 Å². The molecule has 2 atom stereocenters. The zero-order chi connectivity index (χ0) is 25.7. The van der Waals surface area contributed by atoms with E-state index >= 15 is 0 Å². The van der Waals surface area contributed by atoms with Gasteiger partial charge < -0.3 is 10.6 Å². The van der Waals surface area contributed by atoms with Crippen molar-refractivity contribution in [2.75, 3.05) is 7.05 Å². The van der Waals surface area contributed by atoms with Gasteiger partial charge in [0.15, 0.2) is 5.78 Å². The number of ketones is 1. The Morgan fingerprint density at radius 2 is 2.00 bits per heavy atom. The minimum atomic E-state index is -0.262.